The Morgan fingerprint density at radius 2 is 1.88 bits per heavy atom. The SMILES string of the molecule is Cc1nn(Cc2cccc(C(F)(F)F)c2)c(C)c1-c1nn([C@@H]2C[C@]34CN(C(=O)OC(C)(C)C)CC3[C@H]24)c(N)c1C(N)=O. The summed E-state index contributed by atoms with van der Waals surface area (Å²) in [5, 5.41) is 9.35. The third-order valence-electron chi connectivity index (χ3n) is 9.00. The van der Waals surface area contributed by atoms with Gasteiger partial charge in [-0.25, -0.2) is 9.48 Å². The predicted molar refractivity (Wildman–Crippen MR) is 147 cm³/mol. The molecule has 4 atom stereocenters. The Hall–Kier alpha value is -4.03. The second-order valence-corrected chi connectivity index (χ2v) is 12.8. The van der Waals surface area contributed by atoms with Gasteiger partial charge < -0.3 is 21.1 Å². The van der Waals surface area contributed by atoms with Gasteiger partial charge in [0.2, 0.25) is 0 Å². The normalized spacial score (nSPS) is 24.7. The van der Waals surface area contributed by atoms with Crippen LogP contribution in [0.3, 0.4) is 0 Å². The van der Waals surface area contributed by atoms with Crippen LogP contribution in [0.25, 0.3) is 11.3 Å². The number of hydrogen-bond donors (Lipinski definition) is 2. The summed E-state index contributed by atoms with van der Waals surface area (Å²) in [6.07, 6.45) is -4.00. The van der Waals surface area contributed by atoms with Crippen molar-refractivity contribution in [2.45, 2.75) is 65.4 Å². The highest BCUT2D eigenvalue weighted by atomic mass is 19.4. The molecule has 1 spiro atoms. The first-order valence-electron chi connectivity index (χ1n) is 13.9. The average molecular weight is 586 g/mol. The minimum absolute atomic E-state index is 0.00861. The van der Waals surface area contributed by atoms with Crippen molar-refractivity contribution in [1.29, 1.82) is 0 Å². The molecule has 2 saturated carbocycles. The van der Waals surface area contributed by atoms with Crippen molar-refractivity contribution in [3.05, 3.63) is 52.3 Å². The van der Waals surface area contributed by atoms with E-state index >= 15 is 0 Å². The number of amides is 2. The van der Waals surface area contributed by atoms with Crippen molar-refractivity contribution in [3.8, 4) is 11.3 Å². The molecule has 3 heterocycles. The Morgan fingerprint density at radius 1 is 1.17 bits per heavy atom. The number of likely N-dealkylation sites (tertiary alicyclic amines) is 1. The number of aryl methyl sites for hydroxylation is 1. The summed E-state index contributed by atoms with van der Waals surface area (Å²) < 4.78 is 48.5. The Bertz CT molecular complexity index is 1620. The summed E-state index contributed by atoms with van der Waals surface area (Å²) in [6, 6.07) is 5.06. The van der Waals surface area contributed by atoms with Crippen LogP contribution in [-0.2, 0) is 17.5 Å². The monoisotopic (exact) mass is 585 g/mol. The van der Waals surface area contributed by atoms with Crippen LogP contribution in [0, 0.1) is 31.1 Å². The van der Waals surface area contributed by atoms with Crippen LogP contribution in [0.4, 0.5) is 23.8 Å². The highest BCUT2D eigenvalue weighted by Crippen LogP contribution is 2.79. The number of hydrogen-bond acceptors (Lipinski definition) is 6. The number of benzene rings is 1. The van der Waals surface area contributed by atoms with Gasteiger partial charge in [0.25, 0.3) is 5.91 Å². The second kappa shape index (κ2) is 8.98. The topological polar surface area (TPSA) is 134 Å². The molecule has 2 aliphatic carbocycles. The van der Waals surface area contributed by atoms with E-state index in [9.17, 15) is 22.8 Å². The van der Waals surface area contributed by atoms with Gasteiger partial charge in [0.05, 0.1) is 23.8 Å². The molecular weight excluding hydrogens is 551 g/mol. The molecule has 0 bridgehead atoms. The number of aromatic nitrogens is 4. The minimum atomic E-state index is -4.45. The Balaban J connectivity index is 1.26. The number of rotatable bonds is 5. The molecule has 2 amide bonds. The fourth-order valence-electron chi connectivity index (χ4n) is 7.18. The molecule has 6 rings (SSSR count). The van der Waals surface area contributed by atoms with Crippen LogP contribution in [0.5, 0.6) is 0 Å². The number of alkyl halides is 3. The van der Waals surface area contributed by atoms with Crippen molar-refractivity contribution in [1.82, 2.24) is 24.5 Å². The number of ether oxygens (including phenoxy) is 1. The molecule has 4 N–H and O–H groups in total. The number of carbonyl (C=O) groups is 2. The number of nitrogens with zero attached hydrogens (tertiary/aromatic N) is 5. The molecule has 13 heteroatoms. The lowest BCUT2D eigenvalue weighted by molar-refractivity contribution is -0.137. The van der Waals surface area contributed by atoms with Gasteiger partial charge >= 0.3 is 12.3 Å². The third-order valence-corrected chi connectivity index (χ3v) is 9.00. The first kappa shape index (κ1) is 28.1. The molecule has 2 aromatic heterocycles. The quantitative estimate of drug-likeness (QED) is 0.452. The van der Waals surface area contributed by atoms with E-state index in [-0.39, 0.29) is 41.4 Å². The summed E-state index contributed by atoms with van der Waals surface area (Å²) in [5.74, 6) is 0.0330. The van der Waals surface area contributed by atoms with E-state index in [4.69, 9.17) is 21.3 Å². The molecule has 224 valence electrons. The molecule has 1 unspecified atom stereocenters. The largest absolute Gasteiger partial charge is 0.444 e. The lowest BCUT2D eigenvalue weighted by Crippen LogP contribution is -2.42. The maximum atomic E-state index is 13.2. The standard InChI is InChI=1S/C29H34F3N7O3/c1-14-20(15(2)38(35-14)11-16-7-6-8-17(9-16)29(30,31)32)23-21(25(34)40)24(33)39(36-23)19-10-28-13-37(12-18(28)22(19)28)26(41)42-27(3,4)5/h6-9,18-19,22H,10-13,33H2,1-5H3,(H2,34,40)/t18?,19-,22-,28+/m1/s1. The molecule has 3 aliphatic rings. The maximum Gasteiger partial charge on any atom is 0.416 e. The maximum absolute atomic E-state index is 13.2. The Labute approximate surface area is 240 Å². The smallest absolute Gasteiger partial charge is 0.416 e. The van der Waals surface area contributed by atoms with Crippen molar-refractivity contribution in [2.75, 3.05) is 18.8 Å². The van der Waals surface area contributed by atoms with E-state index in [1.165, 1.54) is 6.07 Å². The fourth-order valence-corrected chi connectivity index (χ4v) is 7.18. The number of carbonyl (C=O) groups excluding carboxylic acids is 2. The van der Waals surface area contributed by atoms with Gasteiger partial charge in [0.15, 0.2) is 0 Å². The van der Waals surface area contributed by atoms with Gasteiger partial charge in [-0.15, -0.1) is 0 Å². The van der Waals surface area contributed by atoms with Crippen LogP contribution in [0.1, 0.15) is 66.1 Å². The number of nitrogen functional groups attached to an aromatic ring is 1. The highest BCUT2D eigenvalue weighted by molar-refractivity contribution is 6.03. The number of fused-ring (bicyclic) bond motifs is 1. The minimum Gasteiger partial charge on any atom is -0.444 e. The molecule has 1 aliphatic heterocycles. The molecule has 10 nitrogen and oxygen atoms in total. The predicted octanol–water partition coefficient (Wildman–Crippen LogP) is 4.54. The van der Waals surface area contributed by atoms with Crippen molar-refractivity contribution < 1.29 is 27.5 Å². The lowest BCUT2D eigenvalue weighted by atomic mass is 9.80. The van der Waals surface area contributed by atoms with Crippen LogP contribution < -0.4 is 11.5 Å². The van der Waals surface area contributed by atoms with Crippen molar-refractivity contribution in [3.63, 3.8) is 0 Å². The van der Waals surface area contributed by atoms with Gasteiger partial charge in [0, 0.05) is 29.8 Å². The summed E-state index contributed by atoms with van der Waals surface area (Å²) in [4.78, 5) is 27.0. The molecular formula is C29H34F3N7O3. The molecule has 3 aromatic rings. The van der Waals surface area contributed by atoms with E-state index in [1.54, 1.807) is 34.2 Å². The molecule has 3 fully saturated rings. The Kier molecular flexibility index (Phi) is 6.01. The highest BCUT2D eigenvalue weighted by Gasteiger charge is 2.79. The number of primary amides is 1. The van der Waals surface area contributed by atoms with Gasteiger partial charge in [-0.1, -0.05) is 12.1 Å². The van der Waals surface area contributed by atoms with Gasteiger partial charge in [-0.2, -0.15) is 23.4 Å². The van der Waals surface area contributed by atoms with Crippen LogP contribution >= 0.6 is 0 Å². The van der Waals surface area contributed by atoms with Gasteiger partial charge in [-0.3, -0.25) is 9.48 Å². The summed E-state index contributed by atoms with van der Waals surface area (Å²) in [7, 11) is 0. The molecule has 42 heavy (non-hydrogen) atoms. The van der Waals surface area contributed by atoms with Crippen LogP contribution in [0.15, 0.2) is 24.3 Å². The first-order chi connectivity index (χ1) is 19.5. The molecule has 0 radical (unpaired) electrons. The zero-order valence-corrected chi connectivity index (χ0v) is 24.1. The Morgan fingerprint density at radius 3 is 2.50 bits per heavy atom. The number of nitrogens with two attached hydrogens (primary N) is 2. The van der Waals surface area contributed by atoms with E-state index in [0.29, 0.717) is 47.2 Å². The van der Waals surface area contributed by atoms with Gasteiger partial charge in [-0.05, 0) is 70.6 Å². The number of halogens is 3. The number of anilines is 1. The van der Waals surface area contributed by atoms with Gasteiger partial charge in [0.1, 0.15) is 22.7 Å². The van der Waals surface area contributed by atoms with E-state index in [0.717, 1.165) is 18.6 Å². The average Bonchev–Trinajstić information content (AvgIpc) is 3.23. The fraction of sp³-hybridized carbons (Fsp3) is 0.517. The molecule has 1 aromatic carbocycles. The second-order valence-electron chi connectivity index (χ2n) is 12.8. The van der Waals surface area contributed by atoms with E-state index in [2.05, 4.69) is 5.10 Å². The molecule has 1 saturated heterocycles. The number of piperidine rings is 1. The van der Waals surface area contributed by atoms with Crippen LogP contribution in [-0.4, -0.2) is 55.2 Å². The summed E-state index contributed by atoms with van der Waals surface area (Å²) in [5.41, 5.74) is 13.6. The van der Waals surface area contributed by atoms with Crippen molar-refractivity contribution in [2.24, 2.45) is 23.0 Å². The first-order valence-corrected chi connectivity index (χ1v) is 13.9. The van der Waals surface area contributed by atoms with E-state index < -0.39 is 23.2 Å². The van der Waals surface area contributed by atoms with Crippen molar-refractivity contribution >= 4 is 17.8 Å². The third kappa shape index (κ3) is 4.31. The zero-order chi connectivity index (χ0) is 30.5. The zero-order valence-electron chi connectivity index (χ0n) is 24.1. The summed E-state index contributed by atoms with van der Waals surface area (Å²) >= 11 is 0. The van der Waals surface area contributed by atoms with Crippen LogP contribution in [0.2, 0.25) is 0 Å². The lowest BCUT2D eigenvalue weighted by Gasteiger charge is -2.37. The van der Waals surface area contributed by atoms with E-state index in [1.807, 2.05) is 20.8 Å². The summed E-state index contributed by atoms with van der Waals surface area (Å²) in [6.45, 7) is 10.4.